The summed E-state index contributed by atoms with van der Waals surface area (Å²) < 4.78 is 0. The van der Waals surface area contributed by atoms with Crippen molar-refractivity contribution in [2.75, 3.05) is 0 Å². The van der Waals surface area contributed by atoms with E-state index in [-0.39, 0.29) is 0 Å². The predicted octanol–water partition coefficient (Wildman–Crippen LogP) is 1.71. The van der Waals surface area contributed by atoms with Crippen LogP contribution >= 0.6 is 0 Å². The molecule has 0 fully saturated rings. The Morgan fingerprint density at radius 2 is 2.18 bits per heavy atom. The molecule has 0 aliphatic heterocycles. The summed E-state index contributed by atoms with van der Waals surface area (Å²) in [6.45, 7) is 6.05. The van der Waals surface area contributed by atoms with Crippen LogP contribution in [0.25, 0.3) is 0 Å². The first-order valence-corrected chi connectivity index (χ1v) is 3.61. The monoisotopic (exact) mass is 149 g/mol. The number of nitriles is 1. The quantitative estimate of drug-likeness (QED) is 0.660. The van der Waals surface area contributed by atoms with Gasteiger partial charge in [-0.15, -0.1) is 0 Å². The third kappa shape index (κ3) is 1.40. The van der Waals surface area contributed by atoms with Gasteiger partial charge in [0, 0.05) is 5.69 Å². The van der Waals surface area contributed by atoms with Crippen molar-refractivity contribution in [3.8, 4) is 6.07 Å². The van der Waals surface area contributed by atoms with Gasteiger partial charge in [-0.3, -0.25) is 0 Å². The topological polar surface area (TPSA) is 52.5 Å². The highest BCUT2D eigenvalue weighted by molar-refractivity contribution is 5.22. The molecule has 0 atom stereocenters. The number of imidazole rings is 1. The highest BCUT2D eigenvalue weighted by Crippen LogP contribution is 2.15. The zero-order chi connectivity index (χ0) is 8.43. The average Bonchev–Trinajstić information content (AvgIpc) is 2.30. The maximum absolute atomic E-state index is 8.51. The van der Waals surface area contributed by atoms with Crippen LogP contribution in [0.1, 0.15) is 37.0 Å². The molecule has 1 N–H and O–H groups in total. The molecule has 3 heteroatoms. The first-order chi connectivity index (χ1) is 5.15. The fourth-order valence-electron chi connectivity index (χ4n) is 1.09. The van der Waals surface area contributed by atoms with Crippen LogP contribution in [0.2, 0.25) is 0 Å². The van der Waals surface area contributed by atoms with Gasteiger partial charge in [0.1, 0.15) is 6.07 Å². The van der Waals surface area contributed by atoms with Crippen molar-refractivity contribution in [2.45, 2.75) is 26.7 Å². The number of hydrogen-bond acceptors (Lipinski definition) is 2. The normalized spacial score (nSPS) is 10.1. The van der Waals surface area contributed by atoms with E-state index < -0.39 is 0 Å². The molecule has 0 radical (unpaired) electrons. The summed E-state index contributed by atoms with van der Waals surface area (Å²) in [6.07, 6.45) is 0. The van der Waals surface area contributed by atoms with Gasteiger partial charge in [0.05, 0.1) is 5.69 Å². The van der Waals surface area contributed by atoms with Crippen LogP contribution < -0.4 is 0 Å². The highest BCUT2D eigenvalue weighted by atomic mass is 14.9. The Morgan fingerprint density at radius 1 is 1.55 bits per heavy atom. The zero-order valence-electron chi connectivity index (χ0n) is 6.97. The standard InChI is InChI=1S/C8H11N3/c1-5(2)8-6(3)10-7(4-9)11-8/h5H,1-3H3,(H,10,11). The van der Waals surface area contributed by atoms with E-state index >= 15 is 0 Å². The number of aromatic nitrogens is 2. The summed E-state index contributed by atoms with van der Waals surface area (Å²) in [6, 6.07) is 1.98. The van der Waals surface area contributed by atoms with Gasteiger partial charge >= 0.3 is 0 Å². The number of aromatic amines is 1. The van der Waals surface area contributed by atoms with E-state index in [1.807, 2.05) is 13.0 Å². The van der Waals surface area contributed by atoms with E-state index in [2.05, 4.69) is 23.8 Å². The molecule has 0 amide bonds. The van der Waals surface area contributed by atoms with Gasteiger partial charge in [0.2, 0.25) is 5.82 Å². The van der Waals surface area contributed by atoms with Gasteiger partial charge in [0.25, 0.3) is 0 Å². The molecule has 0 aliphatic rings. The number of rotatable bonds is 1. The molecule has 1 aromatic heterocycles. The average molecular weight is 149 g/mol. The van der Waals surface area contributed by atoms with Crippen molar-refractivity contribution in [1.29, 1.82) is 5.26 Å². The lowest BCUT2D eigenvalue weighted by Crippen LogP contribution is -1.89. The van der Waals surface area contributed by atoms with Gasteiger partial charge in [-0.1, -0.05) is 13.8 Å². The van der Waals surface area contributed by atoms with E-state index in [0.717, 1.165) is 11.4 Å². The van der Waals surface area contributed by atoms with Crippen molar-refractivity contribution in [3.05, 3.63) is 17.2 Å². The number of nitrogens with one attached hydrogen (secondary N) is 1. The Morgan fingerprint density at radius 3 is 2.45 bits per heavy atom. The zero-order valence-corrected chi connectivity index (χ0v) is 6.97. The van der Waals surface area contributed by atoms with Gasteiger partial charge in [-0.25, -0.2) is 4.98 Å². The summed E-state index contributed by atoms with van der Waals surface area (Å²) in [4.78, 5) is 7.01. The van der Waals surface area contributed by atoms with Gasteiger partial charge in [-0.05, 0) is 12.8 Å². The largest absolute Gasteiger partial charge is 0.333 e. The van der Waals surface area contributed by atoms with Gasteiger partial charge in [-0.2, -0.15) is 5.26 Å². The van der Waals surface area contributed by atoms with Crippen LogP contribution in [0.4, 0.5) is 0 Å². The predicted molar refractivity (Wildman–Crippen MR) is 42.1 cm³/mol. The molecule has 1 heterocycles. The molecular formula is C8H11N3. The lowest BCUT2D eigenvalue weighted by Gasteiger charge is -1.98. The van der Waals surface area contributed by atoms with Gasteiger partial charge < -0.3 is 4.98 Å². The molecule has 0 unspecified atom stereocenters. The maximum atomic E-state index is 8.51. The summed E-state index contributed by atoms with van der Waals surface area (Å²) >= 11 is 0. The minimum atomic E-state index is 0.383. The van der Waals surface area contributed by atoms with E-state index in [1.165, 1.54) is 0 Å². The van der Waals surface area contributed by atoms with Crippen molar-refractivity contribution in [1.82, 2.24) is 9.97 Å². The Bertz CT molecular complexity index is 291. The van der Waals surface area contributed by atoms with E-state index in [0.29, 0.717) is 11.7 Å². The summed E-state index contributed by atoms with van der Waals surface area (Å²) in [5.41, 5.74) is 1.98. The maximum Gasteiger partial charge on any atom is 0.210 e. The summed E-state index contributed by atoms with van der Waals surface area (Å²) in [5.74, 6) is 0.791. The molecule has 11 heavy (non-hydrogen) atoms. The van der Waals surface area contributed by atoms with Crippen LogP contribution in [0.5, 0.6) is 0 Å². The van der Waals surface area contributed by atoms with Crippen LogP contribution in [-0.2, 0) is 0 Å². The van der Waals surface area contributed by atoms with Crippen LogP contribution in [0.3, 0.4) is 0 Å². The smallest absolute Gasteiger partial charge is 0.210 e. The first kappa shape index (κ1) is 7.80. The molecule has 0 aliphatic carbocycles. The number of aryl methyl sites for hydroxylation is 1. The second-order valence-electron chi connectivity index (χ2n) is 2.86. The molecule has 1 aromatic rings. The van der Waals surface area contributed by atoms with Crippen molar-refractivity contribution in [2.24, 2.45) is 0 Å². The number of hydrogen-bond donors (Lipinski definition) is 1. The lowest BCUT2D eigenvalue weighted by molar-refractivity contribution is 0.821. The number of H-pyrrole nitrogens is 1. The fourth-order valence-corrected chi connectivity index (χ4v) is 1.09. The minimum absolute atomic E-state index is 0.383. The molecule has 0 saturated heterocycles. The molecule has 3 nitrogen and oxygen atoms in total. The minimum Gasteiger partial charge on any atom is -0.333 e. The Hall–Kier alpha value is -1.30. The second-order valence-corrected chi connectivity index (χ2v) is 2.86. The molecule has 0 bridgehead atoms. The van der Waals surface area contributed by atoms with E-state index in [4.69, 9.17) is 5.26 Å². The van der Waals surface area contributed by atoms with Crippen LogP contribution in [0, 0.1) is 18.3 Å². The van der Waals surface area contributed by atoms with Crippen LogP contribution in [0.15, 0.2) is 0 Å². The molecule has 0 aromatic carbocycles. The summed E-state index contributed by atoms with van der Waals surface area (Å²) in [7, 11) is 0. The first-order valence-electron chi connectivity index (χ1n) is 3.61. The van der Waals surface area contributed by atoms with Gasteiger partial charge in [0.15, 0.2) is 0 Å². The van der Waals surface area contributed by atoms with E-state index in [9.17, 15) is 0 Å². The molecular weight excluding hydrogens is 138 g/mol. The fraction of sp³-hybridized carbons (Fsp3) is 0.500. The van der Waals surface area contributed by atoms with E-state index in [1.54, 1.807) is 0 Å². The Balaban J connectivity index is 3.09. The molecule has 0 saturated carbocycles. The highest BCUT2D eigenvalue weighted by Gasteiger charge is 2.08. The second kappa shape index (κ2) is 2.75. The van der Waals surface area contributed by atoms with Crippen molar-refractivity contribution >= 4 is 0 Å². The third-order valence-electron chi connectivity index (χ3n) is 1.58. The Labute approximate surface area is 66.1 Å². The SMILES string of the molecule is Cc1[nH]c(C#N)nc1C(C)C. The Kier molecular flexibility index (Phi) is 1.95. The van der Waals surface area contributed by atoms with Crippen molar-refractivity contribution < 1.29 is 0 Å². The molecule has 0 spiro atoms. The molecule has 1 rings (SSSR count). The van der Waals surface area contributed by atoms with Crippen molar-refractivity contribution in [3.63, 3.8) is 0 Å². The third-order valence-corrected chi connectivity index (χ3v) is 1.58. The summed E-state index contributed by atoms with van der Waals surface area (Å²) in [5, 5.41) is 8.51. The molecule has 58 valence electrons. The number of nitrogens with zero attached hydrogens (tertiary/aromatic N) is 2. The van der Waals surface area contributed by atoms with Crippen LogP contribution in [-0.4, -0.2) is 9.97 Å². The lowest BCUT2D eigenvalue weighted by atomic mass is 10.1.